The zero-order valence-corrected chi connectivity index (χ0v) is 9.54. The third-order valence-corrected chi connectivity index (χ3v) is 1.84. The third-order valence-electron chi connectivity index (χ3n) is 1.54. The van der Waals surface area contributed by atoms with Crippen molar-refractivity contribution in [3.05, 3.63) is 33.3 Å². The van der Waals surface area contributed by atoms with E-state index in [1.807, 2.05) is 20.8 Å². The molecule has 0 amide bonds. The number of nitro groups is 1. The van der Waals surface area contributed by atoms with E-state index >= 15 is 0 Å². The zero-order valence-electron chi connectivity index (χ0n) is 8.78. The molecule has 4 nitrogen and oxygen atoms in total. The van der Waals surface area contributed by atoms with E-state index in [2.05, 4.69) is 0 Å². The first-order valence-electron chi connectivity index (χ1n) is 4.42. The van der Waals surface area contributed by atoms with Crippen molar-refractivity contribution in [2.24, 2.45) is 0 Å². The van der Waals surface area contributed by atoms with Crippen molar-refractivity contribution in [3.63, 3.8) is 0 Å². The van der Waals surface area contributed by atoms with Crippen molar-refractivity contribution in [1.29, 1.82) is 0 Å². The molecule has 5 heteroatoms. The molecule has 0 radical (unpaired) electrons. The van der Waals surface area contributed by atoms with E-state index in [1.165, 1.54) is 18.2 Å². The second-order valence-corrected chi connectivity index (χ2v) is 4.49. The minimum atomic E-state index is -0.493. The van der Waals surface area contributed by atoms with Gasteiger partial charge in [-0.05, 0) is 26.8 Å². The van der Waals surface area contributed by atoms with Crippen LogP contribution in [-0.4, -0.2) is 10.5 Å². The number of non-ortho nitro benzene ring substituents is 1. The maximum absolute atomic E-state index is 10.5. The van der Waals surface area contributed by atoms with Crippen molar-refractivity contribution in [1.82, 2.24) is 0 Å². The van der Waals surface area contributed by atoms with E-state index in [0.29, 0.717) is 5.75 Å². The Labute approximate surface area is 93.0 Å². The molecule has 0 fully saturated rings. The van der Waals surface area contributed by atoms with E-state index in [4.69, 9.17) is 16.3 Å². The summed E-state index contributed by atoms with van der Waals surface area (Å²) in [6.45, 7) is 5.64. The Bertz CT molecular complexity index is 385. The second-order valence-electron chi connectivity index (χ2n) is 4.09. The van der Waals surface area contributed by atoms with Crippen LogP contribution in [0.4, 0.5) is 5.69 Å². The molecule has 0 aliphatic rings. The fourth-order valence-electron chi connectivity index (χ4n) is 1.02. The molecular weight excluding hydrogens is 218 g/mol. The van der Waals surface area contributed by atoms with Gasteiger partial charge in [0.05, 0.1) is 9.95 Å². The molecule has 0 aliphatic carbocycles. The van der Waals surface area contributed by atoms with Crippen molar-refractivity contribution in [3.8, 4) is 5.75 Å². The lowest BCUT2D eigenvalue weighted by atomic mass is 10.2. The number of halogens is 1. The molecule has 82 valence electrons. The Kier molecular flexibility index (Phi) is 3.19. The molecule has 0 bridgehead atoms. The predicted molar refractivity (Wildman–Crippen MR) is 58.5 cm³/mol. The van der Waals surface area contributed by atoms with Crippen LogP contribution in [0.1, 0.15) is 20.8 Å². The first-order valence-corrected chi connectivity index (χ1v) is 4.80. The van der Waals surface area contributed by atoms with Gasteiger partial charge in [-0.25, -0.2) is 0 Å². The smallest absolute Gasteiger partial charge is 0.271 e. The number of rotatable bonds is 2. The highest BCUT2D eigenvalue weighted by Crippen LogP contribution is 2.30. The molecule has 0 atom stereocenters. The molecule has 1 aromatic rings. The van der Waals surface area contributed by atoms with Crippen molar-refractivity contribution < 1.29 is 9.66 Å². The van der Waals surface area contributed by atoms with Gasteiger partial charge in [0.25, 0.3) is 5.69 Å². The number of nitro benzene ring substituents is 1. The largest absolute Gasteiger partial charge is 0.487 e. The Morgan fingerprint density at radius 2 is 2.00 bits per heavy atom. The molecule has 0 saturated heterocycles. The Morgan fingerprint density at radius 3 is 2.40 bits per heavy atom. The summed E-state index contributed by atoms with van der Waals surface area (Å²) in [6, 6.07) is 4.15. The van der Waals surface area contributed by atoms with Crippen molar-refractivity contribution in [2.45, 2.75) is 26.4 Å². The summed E-state index contributed by atoms with van der Waals surface area (Å²) in [5.41, 5.74) is -0.416. The van der Waals surface area contributed by atoms with Gasteiger partial charge in [-0.1, -0.05) is 11.6 Å². The average Bonchev–Trinajstić information content (AvgIpc) is 2.05. The van der Waals surface area contributed by atoms with Gasteiger partial charge in [0.15, 0.2) is 0 Å². The number of ether oxygens (including phenoxy) is 1. The summed E-state index contributed by atoms with van der Waals surface area (Å²) >= 11 is 5.85. The summed E-state index contributed by atoms with van der Waals surface area (Å²) in [6.07, 6.45) is 0. The molecule has 1 rings (SSSR count). The number of nitrogens with zero attached hydrogens (tertiary/aromatic N) is 1. The van der Waals surface area contributed by atoms with Crippen LogP contribution < -0.4 is 4.74 Å². The monoisotopic (exact) mass is 229 g/mol. The van der Waals surface area contributed by atoms with Gasteiger partial charge in [0.1, 0.15) is 11.4 Å². The Morgan fingerprint density at radius 1 is 1.40 bits per heavy atom. The quantitative estimate of drug-likeness (QED) is 0.577. The van der Waals surface area contributed by atoms with Gasteiger partial charge in [0, 0.05) is 12.1 Å². The lowest BCUT2D eigenvalue weighted by Crippen LogP contribution is -2.23. The maximum atomic E-state index is 10.5. The fraction of sp³-hybridized carbons (Fsp3) is 0.400. The van der Waals surface area contributed by atoms with Crippen LogP contribution in [0.5, 0.6) is 5.75 Å². The summed E-state index contributed by atoms with van der Waals surface area (Å²) < 4.78 is 5.51. The molecule has 0 N–H and O–H groups in total. The van der Waals surface area contributed by atoms with Crippen LogP contribution in [0.3, 0.4) is 0 Å². The first kappa shape index (κ1) is 11.8. The molecule has 1 aromatic carbocycles. The van der Waals surface area contributed by atoms with Crippen LogP contribution in [0.15, 0.2) is 18.2 Å². The van der Waals surface area contributed by atoms with E-state index < -0.39 is 4.92 Å². The first-order chi connectivity index (χ1) is 6.79. The molecule has 15 heavy (non-hydrogen) atoms. The predicted octanol–water partition coefficient (Wildman–Crippen LogP) is 3.43. The molecule has 0 aromatic heterocycles. The van der Waals surface area contributed by atoms with Gasteiger partial charge < -0.3 is 4.74 Å². The molecule has 0 heterocycles. The van der Waals surface area contributed by atoms with Gasteiger partial charge in [-0.2, -0.15) is 0 Å². The SMILES string of the molecule is CC(C)(C)Oc1ccc([N+](=O)[O-])cc1Cl. The average molecular weight is 230 g/mol. The summed E-state index contributed by atoms with van der Waals surface area (Å²) in [5, 5.41) is 10.7. The van der Waals surface area contributed by atoms with E-state index in [1.54, 1.807) is 0 Å². The molecular formula is C10H12ClNO3. The van der Waals surface area contributed by atoms with Crippen LogP contribution in [0.2, 0.25) is 5.02 Å². The van der Waals surface area contributed by atoms with Crippen molar-refractivity contribution in [2.75, 3.05) is 0 Å². The van der Waals surface area contributed by atoms with Gasteiger partial charge in [0.2, 0.25) is 0 Å². The molecule has 0 unspecified atom stereocenters. The molecule has 0 saturated carbocycles. The van der Waals surface area contributed by atoms with Crippen LogP contribution >= 0.6 is 11.6 Å². The normalized spacial score (nSPS) is 11.2. The molecule has 0 aliphatic heterocycles. The minimum absolute atomic E-state index is 0.0405. The molecule has 0 spiro atoms. The van der Waals surface area contributed by atoms with E-state index in [-0.39, 0.29) is 16.3 Å². The number of benzene rings is 1. The van der Waals surface area contributed by atoms with Gasteiger partial charge in [-0.15, -0.1) is 0 Å². The zero-order chi connectivity index (χ0) is 11.6. The topological polar surface area (TPSA) is 52.4 Å². The summed E-state index contributed by atoms with van der Waals surface area (Å²) in [7, 11) is 0. The second kappa shape index (κ2) is 4.06. The summed E-state index contributed by atoms with van der Waals surface area (Å²) in [4.78, 5) is 9.96. The van der Waals surface area contributed by atoms with Crippen LogP contribution in [0, 0.1) is 10.1 Å². The number of hydrogen-bond donors (Lipinski definition) is 0. The van der Waals surface area contributed by atoms with Crippen LogP contribution in [-0.2, 0) is 0 Å². The van der Waals surface area contributed by atoms with Crippen molar-refractivity contribution >= 4 is 17.3 Å². The van der Waals surface area contributed by atoms with Crippen LogP contribution in [0.25, 0.3) is 0 Å². The summed E-state index contributed by atoms with van der Waals surface area (Å²) in [5.74, 6) is 0.453. The van der Waals surface area contributed by atoms with E-state index in [9.17, 15) is 10.1 Å². The number of hydrogen-bond acceptors (Lipinski definition) is 3. The van der Waals surface area contributed by atoms with Gasteiger partial charge >= 0.3 is 0 Å². The third kappa shape index (κ3) is 3.40. The maximum Gasteiger partial charge on any atom is 0.271 e. The minimum Gasteiger partial charge on any atom is -0.487 e. The fourth-order valence-corrected chi connectivity index (χ4v) is 1.23. The van der Waals surface area contributed by atoms with E-state index in [0.717, 1.165) is 0 Å². The Balaban J connectivity index is 2.99. The Hall–Kier alpha value is -1.29. The highest BCUT2D eigenvalue weighted by molar-refractivity contribution is 6.32. The lowest BCUT2D eigenvalue weighted by Gasteiger charge is -2.21. The van der Waals surface area contributed by atoms with Gasteiger partial charge in [-0.3, -0.25) is 10.1 Å². The highest BCUT2D eigenvalue weighted by Gasteiger charge is 2.16. The standard InChI is InChI=1S/C10H12ClNO3/c1-10(2,3)15-9-5-4-7(12(13)14)6-8(9)11/h4-6H,1-3H3. The highest BCUT2D eigenvalue weighted by atomic mass is 35.5. The lowest BCUT2D eigenvalue weighted by molar-refractivity contribution is -0.384.